The Labute approximate surface area is 133 Å². The summed E-state index contributed by atoms with van der Waals surface area (Å²) in [5, 5.41) is 3.14. The van der Waals surface area contributed by atoms with Crippen molar-refractivity contribution in [1.29, 1.82) is 0 Å². The molecule has 1 unspecified atom stereocenters. The average molecular weight is 301 g/mol. The molecule has 4 nitrogen and oxygen atoms in total. The molecule has 1 atom stereocenters. The summed E-state index contributed by atoms with van der Waals surface area (Å²) in [6, 6.07) is 10.9. The van der Waals surface area contributed by atoms with Crippen LogP contribution in [0.3, 0.4) is 0 Å². The number of nitrogens with zero attached hydrogens (tertiary/aromatic N) is 2. The van der Waals surface area contributed by atoms with Crippen molar-refractivity contribution in [3.63, 3.8) is 0 Å². The van der Waals surface area contributed by atoms with Gasteiger partial charge in [0, 0.05) is 50.4 Å². The number of rotatable bonds is 6. The van der Waals surface area contributed by atoms with Gasteiger partial charge in [0.25, 0.3) is 0 Å². The van der Waals surface area contributed by atoms with E-state index in [2.05, 4.69) is 52.4 Å². The third-order valence-corrected chi connectivity index (χ3v) is 4.71. The molecular weight excluding hydrogens is 274 g/mol. The lowest BCUT2D eigenvalue weighted by atomic mass is 10.2. The van der Waals surface area contributed by atoms with Crippen LogP contribution in [0.25, 0.3) is 0 Å². The van der Waals surface area contributed by atoms with Gasteiger partial charge in [-0.1, -0.05) is 18.2 Å². The molecule has 1 aromatic carbocycles. The summed E-state index contributed by atoms with van der Waals surface area (Å²) < 4.78 is 0. The van der Waals surface area contributed by atoms with Gasteiger partial charge in [0.15, 0.2) is 0 Å². The second kappa shape index (κ2) is 7.14. The van der Waals surface area contributed by atoms with Crippen LogP contribution in [-0.2, 0) is 4.79 Å². The molecular formula is C18H27N3O. The minimum atomic E-state index is 0.265. The summed E-state index contributed by atoms with van der Waals surface area (Å²) in [6.45, 7) is 7.60. The Balaban J connectivity index is 1.36. The highest BCUT2D eigenvalue weighted by Crippen LogP contribution is 2.28. The maximum Gasteiger partial charge on any atom is 0.223 e. The van der Waals surface area contributed by atoms with E-state index < -0.39 is 0 Å². The highest BCUT2D eigenvalue weighted by molar-refractivity contribution is 5.81. The Morgan fingerprint density at radius 1 is 1.18 bits per heavy atom. The summed E-state index contributed by atoms with van der Waals surface area (Å²) >= 11 is 0. The van der Waals surface area contributed by atoms with Gasteiger partial charge in [-0.25, -0.2) is 0 Å². The number of benzene rings is 1. The smallest absolute Gasteiger partial charge is 0.223 e. The molecule has 3 rings (SSSR count). The van der Waals surface area contributed by atoms with E-state index in [4.69, 9.17) is 0 Å². The normalized spacial score (nSPS) is 20.7. The molecule has 1 saturated carbocycles. The van der Waals surface area contributed by atoms with E-state index in [0.29, 0.717) is 12.0 Å². The first-order chi connectivity index (χ1) is 10.7. The number of anilines is 1. The van der Waals surface area contributed by atoms with Crippen LogP contribution >= 0.6 is 0 Å². The van der Waals surface area contributed by atoms with E-state index in [0.717, 1.165) is 52.0 Å². The maximum absolute atomic E-state index is 11.7. The summed E-state index contributed by atoms with van der Waals surface area (Å²) in [7, 11) is 0. The number of piperazine rings is 1. The first-order valence-electron chi connectivity index (χ1n) is 8.55. The quantitative estimate of drug-likeness (QED) is 0.874. The second-order valence-corrected chi connectivity index (χ2v) is 6.64. The fourth-order valence-corrected chi connectivity index (χ4v) is 3.02. The van der Waals surface area contributed by atoms with Crippen LogP contribution in [0, 0.1) is 5.92 Å². The van der Waals surface area contributed by atoms with Gasteiger partial charge in [-0.15, -0.1) is 0 Å². The predicted molar refractivity (Wildman–Crippen MR) is 90.0 cm³/mol. The van der Waals surface area contributed by atoms with Crippen LogP contribution in [-0.4, -0.2) is 49.6 Å². The molecule has 1 aliphatic carbocycles. The predicted octanol–water partition coefficient (Wildman–Crippen LogP) is 2.11. The van der Waals surface area contributed by atoms with Gasteiger partial charge in [-0.2, -0.15) is 0 Å². The largest absolute Gasteiger partial charge is 0.369 e. The van der Waals surface area contributed by atoms with Gasteiger partial charge >= 0.3 is 0 Å². The number of para-hydroxylation sites is 1. The molecule has 1 aromatic rings. The molecule has 4 heteroatoms. The van der Waals surface area contributed by atoms with Crippen LogP contribution in [0.5, 0.6) is 0 Å². The first-order valence-corrected chi connectivity index (χ1v) is 8.55. The minimum absolute atomic E-state index is 0.265. The Morgan fingerprint density at radius 2 is 1.86 bits per heavy atom. The van der Waals surface area contributed by atoms with E-state index in [1.807, 2.05) is 0 Å². The lowest BCUT2D eigenvalue weighted by Crippen LogP contribution is -2.47. The van der Waals surface area contributed by atoms with Gasteiger partial charge < -0.3 is 10.2 Å². The third-order valence-electron chi connectivity index (χ3n) is 4.71. The van der Waals surface area contributed by atoms with E-state index >= 15 is 0 Å². The lowest BCUT2D eigenvalue weighted by Gasteiger charge is -2.36. The molecule has 1 saturated heterocycles. The Morgan fingerprint density at radius 3 is 2.50 bits per heavy atom. The summed E-state index contributed by atoms with van der Waals surface area (Å²) in [5.41, 5.74) is 1.33. The Kier molecular flexibility index (Phi) is 4.98. The van der Waals surface area contributed by atoms with Crippen molar-refractivity contribution in [1.82, 2.24) is 10.2 Å². The van der Waals surface area contributed by atoms with Gasteiger partial charge in [0.05, 0.1) is 0 Å². The lowest BCUT2D eigenvalue weighted by molar-refractivity contribution is -0.122. The fraction of sp³-hybridized carbons (Fsp3) is 0.611. The minimum Gasteiger partial charge on any atom is -0.369 e. The second-order valence-electron chi connectivity index (χ2n) is 6.64. The third kappa shape index (κ3) is 4.23. The van der Waals surface area contributed by atoms with Crippen molar-refractivity contribution < 1.29 is 4.79 Å². The summed E-state index contributed by atoms with van der Waals surface area (Å²) in [6.07, 6.45) is 3.21. The molecule has 0 bridgehead atoms. The fourth-order valence-electron chi connectivity index (χ4n) is 3.02. The van der Waals surface area contributed by atoms with E-state index in [9.17, 15) is 4.79 Å². The standard InChI is InChI=1S/C18H27N3O/c1-15(19-18(22)16-7-8-16)9-10-20-11-13-21(14-12-20)17-5-3-2-4-6-17/h2-6,15-16H,7-14H2,1H3,(H,19,22). The molecule has 2 fully saturated rings. The zero-order valence-corrected chi connectivity index (χ0v) is 13.5. The molecule has 1 amide bonds. The molecule has 1 heterocycles. The SMILES string of the molecule is CC(CCN1CCN(c2ccccc2)CC1)NC(=O)C1CC1. The van der Waals surface area contributed by atoms with Crippen LogP contribution in [0.4, 0.5) is 5.69 Å². The number of nitrogens with one attached hydrogen (secondary N) is 1. The molecule has 0 spiro atoms. The van der Waals surface area contributed by atoms with Crippen molar-refractivity contribution in [3.8, 4) is 0 Å². The molecule has 0 aromatic heterocycles. The number of hydrogen-bond donors (Lipinski definition) is 1. The molecule has 1 N–H and O–H groups in total. The summed E-state index contributed by atoms with van der Waals surface area (Å²) in [4.78, 5) is 16.7. The number of amides is 1. The van der Waals surface area contributed by atoms with Gasteiger partial charge in [-0.05, 0) is 38.3 Å². The Bertz CT molecular complexity index is 478. The van der Waals surface area contributed by atoms with E-state index in [1.165, 1.54) is 5.69 Å². The zero-order chi connectivity index (χ0) is 15.4. The van der Waals surface area contributed by atoms with Crippen LogP contribution < -0.4 is 10.2 Å². The van der Waals surface area contributed by atoms with E-state index in [-0.39, 0.29) is 5.91 Å². The molecule has 22 heavy (non-hydrogen) atoms. The maximum atomic E-state index is 11.7. The van der Waals surface area contributed by atoms with Crippen molar-refractivity contribution in [2.45, 2.75) is 32.2 Å². The summed E-state index contributed by atoms with van der Waals surface area (Å²) in [5.74, 6) is 0.582. The highest BCUT2D eigenvalue weighted by Gasteiger charge is 2.30. The number of carbonyl (C=O) groups is 1. The van der Waals surface area contributed by atoms with E-state index in [1.54, 1.807) is 0 Å². The number of hydrogen-bond acceptors (Lipinski definition) is 3. The van der Waals surface area contributed by atoms with Gasteiger partial charge in [0.2, 0.25) is 5.91 Å². The van der Waals surface area contributed by atoms with Crippen molar-refractivity contribution in [2.75, 3.05) is 37.6 Å². The van der Waals surface area contributed by atoms with Crippen LogP contribution in [0.15, 0.2) is 30.3 Å². The van der Waals surface area contributed by atoms with Crippen molar-refractivity contribution in [2.24, 2.45) is 5.92 Å². The van der Waals surface area contributed by atoms with Crippen LogP contribution in [0.2, 0.25) is 0 Å². The zero-order valence-electron chi connectivity index (χ0n) is 13.5. The Hall–Kier alpha value is -1.55. The molecule has 0 radical (unpaired) electrons. The van der Waals surface area contributed by atoms with Crippen molar-refractivity contribution >= 4 is 11.6 Å². The number of carbonyl (C=O) groups excluding carboxylic acids is 1. The first kappa shape index (κ1) is 15.3. The average Bonchev–Trinajstić information content (AvgIpc) is 3.39. The monoisotopic (exact) mass is 301 g/mol. The highest BCUT2D eigenvalue weighted by atomic mass is 16.2. The van der Waals surface area contributed by atoms with Gasteiger partial charge in [-0.3, -0.25) is 9.69 Å². The van der Waals surface area contributed by atoms with Crippen molar-refractivity contribution in [3.05, 3.63) is 30.3 Å². The molecule has 2 aliphatic rings. The van der Waals surface area contributed by atoms with Crippen LogP contribution in [0.1, 0.15) is 26.2 Å². The topological polar surface area (TPSA) is 35.6 Å². The van der Waals surface area contributed by atoms with Gasteiger partial charge in [0.1, 0.15) is 0 Å². The molecule has 120 valence electrons. The molecule has 1 aliphatic heterocycles.